The molecule has 2 rings (SSSR count). The van der Waals surface area contributed by atoms with Crippen LogP contribution in [-0.2, 0) is 0 Å². The molecular formula is C13H17FN2O2. The van der Waals surface area contributed by atoms with Gasteiger partial charge in [0.05, 0.1) is 6.67 Å². The molecule has 2 heterocycles. The third-order valence-electron chi connectivity index (χ3n) is 3.20. The average molecular weight is 252 g/mol. The third kappa shape index (κ3) is 2.44. The third-order valence-corrected chi connectivity index (χ3v) is 3.20. The Morgan fingerprint density at radius 1 is 1.50 bits per heavy atom. The number of nitrogens with one attached hydrogen (secondary N) is 1. The Morgan fingerprint density at radius 2 is 2.17 bits per heavy atom. The molecule has 1 aliphatic heterocycles. The zero-order chi connectivity index (χ0) is 13.3. The highest BCUT2D eigenvalue weighted by Crippen LogP contribution is 2.19. The van der Waals surface area contributed by atoms with Gasteiger partial charge in [-0.25, -0.2) is 0 Å². The van der Waals surface area contributed by atoms with Crippen LogP contribution in [0.25, 0.3) is 0 Å². The molecule has 0 saturated carbocycles. The number of carbonyl (C=O) groups is 1. The van der Waals surface area contributed by atoms with Crippen molar-refractivity contribution in [3.05, 3.63) is 33.7 Å². The number of H-pyrrole nitrogens is 1. The van der Waals surface area contributed by atoms with E-state index in [9.17, 15) is 14.0 Å². The summed E-state index contributed by atoms with van der Waals surface area (Å²) in [6, 6.07) is 3.01. The second-order valence-electron chi connectivity index (χ2n) is 5.07. The van der Waals surface area contributed by atoms with Crippen molar-refractivity contribution in [3.63, 3.8) is 0 Å². The van der Waals surface area contributed by atoms with Gasteiger partial charge >= 0.3 is 0 Å². The summed E-state index contributed by atoms with van der Waals surface area (Å²) in [6.45, 7) is 4.39. The van der Waals surface area contributed by atoms with Crippen molar-refractivity contribution in [1.29, 1.82) is 0 Å². The Kier molecular flexibility index (Phi) is 3.50. The van der Waals surface area contributed by atoms with E-state index in [2.05, 4.69) is 4.98 Å². The van der Waals surface area contributed by atoms with E-state index < -0.39 is 6.67 Å². The average Bonchev–Trinajstić information content (AvgIpc) is 2.26. The maximum Gasteiger partial charge on any atom is 0.254 e. The number of nitrogens with zero attached hydrogens (tertiary/aromatic N) is 1. The Bertz CT molecular complexity index is 504. The number of likely N-dealkylation sites (tertiary alicyclic amines) is 1. The fourth-order valence-electron chi connectivity index (χ4n) is 2.02. The molecule has 1 fully saturated rings. The SMILES string of the molecule is CC(C)c1cc(C(=O)N2CC(CF)C2)cc(=O)[nH]1. The predicted molar refractivity (Wildman–Crippen MR) is 66.5 cm³/mol. The quantitative estimate of drug-likeness (QED) is 0.887. The van der Waals surface area contributed by atoms with Gasteiger partial charge in [0.1, 0.15) is 0 Å². The molecule has 98 valence electrons. The van der Waals surface area contributed by atoms with Crippen LogP contribution in [0.2, 0.25) is 0 Å². The first kappa shape index (κ1) is 12.8. The lowest BCUT2D eigenvalue weighted by molar-refractivity contribution is 0.0452. The molecule has 0 spiro atoms. The van der Waals surface area contributed by atoms with Gasteiger partial charge in [0.2, 0.25) is 5.56 Å². The van der Waals surface area contributed by atoms with E-state index in [4.69, 9.17) is 0 Å². The monoisotopic (exact) mass is 252 g/mol. The maximum atomic E-state index is 12.3. The number of carbonyl (C=O) groups excluding carboxylic acids is 1. The van der Waals surface area contributed by atoms with Gasteiger partial charge in [-0.2, -0.15) is 0 Å². The largest absolute Gasteiger partial charge is 0.338 e. The van der Waals surface area contributed by atoms with Crippen LogP contribution in [0.4, 0.5) is 4.39 Å². The number of halogens is 1. The van der Waals surface area contributed by atoms with Gasteiger partial charge in [0.15, 0.2) is 0 Å². The minimum absolute atomic E-state index is 0.0412. The van der Waals surface area contributed by atoms with Crippen LogP contribution in [0.5, 0.6) is 0 Å². The Hall–Kier alpha value is -1.65. The lowest BCUT2D eigenvalue weighted by Crippen LogP contribution is -2.50. The van der Waals surface area contributed by atoms with Crippen LogP contribution in [-0.4, -0.2) is 35.6 Å². The summed E-state index contributed by atoms with van der Waals surface area (Å²) in [5, 5.41) is 0. The minimum Gasteiger partial charge on any atom is -0.338 e. The predicted octanol–water partition coefficient (Wildman–Crippen LogP) is 1.54. The Labute approximate surface area is 105 Å². The highest BCUT2D eigenvalue weighted by atomic mass is 19.1. The molecule has 0 aromatic carbocycles. The second-order valence-corrected chi connectivity index (χ2v) is 5.07. The highest BCUT2D eigenvalue weighted by molar-refractivity contribution is 5.94. The van der Waals surface area contributed by atoms with E-state index >= 15 is 0 Å². The first-order valence-electron chi connectivity index (χ1n) is 6.10. The van der Waals surface area contributed by atoms with E-state index in [1.165, 1.54) is 6.07 Å². The minimum atomic E-state index is -0.392. The standard InChI is InChI=1S/C13H17FN2O2/c1-8(2)11-3-10(4-12(17)15-11)13(18)16-6-9(5-14)7-16/h3-4,8-9H,5-7H2,1-2H3,(H,15,17). The first-order chi connectivity index (χ1) is 8.51. The van der Waals surface area contributed by atoms with Gasteiger partial charge in [0.25, 0.3) is 5.91 Å². The zero-order valence-corrected chi connectivity index (χ0v) is 10.6. The summed E-state index contributed by atoms with van der Waals surface area (Å²) < 4.78 is 12.3. The maximum absolute atomic E-state index is 12.3. The summed E-state index contributed by atoms with van der Waals surface area (Å²) in [5.74, 6) is -0.0753. The molecule has 5 heteroatoms. The summed E-state index contributed by atoms with van der Waals surface area (Å²) >= 11 is 0. The number of rotatable bonds is 3. The van der Waals surface area contributed by atoms with Gasteiger partial charge < -0.3 is 9.88 Å². The van der Waals surface area contributed by atoms with E-state index in [1.54, 1.807) is 11.0 Å². The van der Waals surface area contributed by atoms with Crippen LogP contribution in [0.1, 0.15) is 35.8 Å². The molecule has 18 heavy (non-hydrogen) atoms. The molecule has 1 aromatic heterocycles. The molecule has 0 radical (unpaired) electrons. The summed E-state index contributed by atoms with van der Waals surface area (Å²) in [4.78, 5) is 27.8. The molecule has 0 atom stereocenters. The summed E-state index contributed by atoms with van der Waals surface area (Å²) in [6.07, 6.45) is 0. The van der Waals surface area contributed by atoms with Crippen LogP contribution < -0.4 is 5.56 Å². The van der Waals surface area contributed by atoms with Gasteiger partial charge in [-0.3, -0.25) is 14.0 Å². The number of aromatic nitrogens is 1. The highest BCUT2D eigenvalue weighted by Gasteiger charge is 2.31. The molecule has 1 saturated heterocycles. The van der Waals surface area contributed by atoms with Crippen molar-refractivity contribution in [1.82, 2.24) is 9.88 Å². The molecule has 1 aromatic rings. The van der Waals surface area contributed by atoms with Gasteiger partial charge in [-0.05, 0) is 12.0 Å². The second kappa shape index (κ2) is 4.92. The van der Waals surface area contributed by atoms with Crippen molar-refractivity contribution in [2.24, 2.45) is 5.92 Å². The van der Waals surface area contributed by atoms with E-state index in [1.807, 2.05) is 13.8 Å². The lowest BCUT2D eigenvalue weighted by atomic mass is 10.00. The van der Waals surface area contributed by atoms with E-state index in [-0.39, 0.29) is 23.3 Å². The molecule has 1 aliphatic rings. The van der Waals surface area contributed by atoms with Crippen molar-refractivity contribution in [2.45, 2.75) is 19.8 Å². The number of hydrogen-bond donors (Lipinski definition) is 1. The van der Waals surface area contributed by atoms with Crippen molar-refractivity contribution in [3.8, 4) is 0 Å². The molecule has 1 amide bonds. The van der Waals surface area contributed by atoms with Crippen LogP contribution in [0.15, 0.2) is 16.9 Å². The van der Waals surface area contributed by atoms with Crippen LogP contribution >= 0.6 is 0 Å². The van der Waals surface area contributed by atoms with Gasteiger partial charge in [-0.1, -0.05) is 13.8 Å². The van der Waals surface area contributed by atoms with E-state index in [0.717, 1.165) is 5.69 Å². The van der Waals surface area contributed by atoms with Crippen LogP contribution in [0, 0.1) is 5.92 Å². The molecule has 1 N–H and O–H groups in total. The number of pyridine rings is 1. The Morgan fingerprint density at radius 3 is 2.72 bits per heavy atom. The fourth-order valence-corrected chi connectivity index (χ4v) is 2.02. The first-order valence-corrected chi connectivity index (χ1v) is 6.10. The summed E-state index contributed by atoms with van der Waals surface area (Å²) in [5.41, 5.74) is 0.861. The zero-order valence-electron chi connectivity index (χ0n) is 10.6. The van der Waals surface area contributed by atoms with Gasteiger partial charge in [0, 0.05) is 36.3 Å². The summed E-state index contributed by atoms with van der Waals surface area (Å²) in [7, 11) is 0. The van der Waals surface area contributed by atoms with Gasteiger partial charge in [-0.15, -0.1) is 0 Å². The van der Waals surface area contributed by atoms with E-state index in [0.29, 0.717) is 18.7 Å². The molecule has 0 aliphatic carbocycles. The molecule has 4 nitrogen and oxygen atoms in total. The topological polar surface area (TPSA) is 53.2 Å². The van der Waals surface area contributed by atoms with Crippen molar-refractivity contribution < 1.29 is 9.18 Å². The Balaban J connectivity index is 2.18. The van der Waals surface area contributed by atoms with Crippen LogP contribution in [0.3, 0.4) is 0 Å². The molecular weight excluding hydrogens is 235 g/mol. The molecule has 0 bridgehead atoms. The number of aromatic amines is 1. The normalized spacial score (nSPS) is 15.9. The van der Waals surface area contributed by atoms with Crippen molar-refractivity contribution in [2.75, 3.05) is 19.8 Å². The smallest absolute Gasteiger partial charge is 0.254 e. The number of alkyl halides is 1. The molecule has 0 unspecified atom stereocenters. The lowest BCUT2D eigenvalue weighted by Gasteiger charge is -2.37. The number of hydrogen-bond acceptors (Lipinski definition) is 2. The fraction of sp³-hybridized carbons (Fsp3) is 0.538. The number of amides is 1. The van der Waals surface area contributed by atoms with Crippen molar-refractivity contribution >= 4 is 5.91 Å².